The average Bonchev–Trinajstić information content (AvgIpc) is 2.50. The van der Waals surface area contributed by atoms with Gasteiger partial charge in [0.25, 0.3) is 0 Å². The molecule has 0 radical (unpaired) electrons. The average molecular weight is 290 g/mol. The van der Waals surface area contributed by atoms with E-state index in [2.05, 4.69) is 5.32 Å². The number of ether oxygens (including phenoxy) is 1. The van der Waals surface area contributed by atoms with Crippen LogP contribution >= 0.6 is 0 Å². The van der Waals surface area contributed by atoms with Gasteiger partial charge in [0.2, 0.25) is 5.91 Å². The molecule has 1 heterocycles. The molecular weight excluding hydrogens is 264 g/mol. The van der Waals surface area contributed by atoms with Gasteiger partial charge in [0.05, 0.1) is 6.61 Å². The summed E-state index contributed by atoms with van der Waals surface area (Å²) in [6, 6.07) is 7.93. The lowest BCUT2D eigenvalue weighted by molar-refractivity contribution is -0.131. The van der Waals surface area contributed by atoms with E-state index in [1.54, 1.807) is 0 Å². The van der Waals surface area contributed by atoms with E-state index in [4.69, 9.17) is 4.74 Å². The Kier molecular flexibility index (Phi) is 6.05. The van der Waals surface area contributed by atoms with Crippen LogP contribution in [0.5, 0.6) is 5.75 Å². The Bertz CT molecular complexity index is 456. The zero-order chi connectivity index (χ0) is 15.1. The Morgan fingerprint density at radius 3 is 2.95 bits per heavy atom. The third kappa shape index (κ3) is 4.74. The Labute approximate surface area is 127 Å². The van der Waals surface area contributed by atoms with Gasteiger partial charge in [-0.15, -0.1) is 0 Å². The monoisotopic (exact) mass is 290 g/mol. The van der Waals surface area contributed by atoms with Crippen LogP contribution in [0, 0.1) is 5.92 Å². The number of carbonyl (C=O) groups excluding carboxylic acids is 1. The predicted octanol–water partition coefficient (Wildman–Crippen LogP) is 2.43. The summed E-state index contributed by atoms with van der Waals surface area (Å²) in [5.74, 6) is 1.57. The highest BCUT2D eigenvalue weighted by Gasteiger charge is 2.19. The smallest absolute Gasteiger partial charge is 0.222 e. The van der Waals surface area contributed by atoms with Gasteiger partial charge >= 0.3 is 0 Å². The lowest BCUT2D eigenvalue weighted by Crippen LogP contribution is -2.34. The molecule has 0 bridgehead atoms. The van der Waals surface area contributed by atoms with Crippen molar-refractivity contribution in [3.63, 3.8) is 0 Å². The molecule has 1 fully saturated rings. The molecule has 1 saturated heterocycles. The number of carbonyl (C=O) groups is 1. The number of rotatable bonds is 6. The standard InChI is InChI=1S/C17H26N2O2/c1-3-21-16-9-5-4-8-15(16)13-19(2)17(20)11-14-7-6-10-18-12-14/h4-5,8-9,14,18H,3,6-7,10-13H2,1-2H3. The zero-order valence-electron chi connectivity index (χ0n) is 13.1. The first-order valence-electron chi connectivity index (χ1n) is 7.86. The van der Waals surface area contributed by atoms with Crippen LogP contribution in [0.15, 0.2) is 24.3 Å². The first-order valence-corrected chi connectivity index (χ1v) is 7.86. The number of piperidine rings is 1. The normalized spacial score (nSPS) is 18.3. The molecule has 0 aromatic heterocycles. The van der Waals surface area contributed by atoms with Gasteiger partial charge in [0, 0.05) is 25.6 Å². The summed E-state index contributed by atoms with van der Waals surface area (Å²) >= 11 is 0. The molecule has 1 aromatic rings. The van der Waals surface area contributed by atoms with Crippen molar-refractivity contribution in [1.29, 1.82) is 0 Å². The number of benzene rings is 1. The number of nitrogens with one attached hydrogen (secondary N) is 1. The van der Waals surface area contributed by atoms with E-state index in [9.17, 15) is 4.79 Å². The Hall–Kier alpha value is -1.55. The van der Waals surface area contributed by atoms with Crippen LogP contribution in [0.25, 0.3) is 0 Å². The van der Waals surface area contributed by atoms with Crippen LogP contribution in [0.2, 0.25) is 0 Å². The molecule has 1 atom stereocenters. The van der Waals surface area contributed by atoms with Crippen LogP contribution in [-0.2, 0) is 11.3 Å². The molecule has 0 spiro atoms. The van der Waals surface area contributed by atoms with Crippen molar-refractivity contribution in [3.8, 4) is 5.75 Å². The predicted molar refractivity (Wildman–Crippen MR) is 84.3 cm³/mol. The number of amides is 1. The van der Waals surface area contributed by atoms with Crippen molar-refractivity contribution in [2.24, 2.45) is 5.92 Å². The van der Waals surface area contributed by atoms with Gasteiger partial charge in [-0.1, -0.05) is 18.2 Å². The maximum atomic E-state index is 12.3. The van der Waals surface area contributed by atoms with E-state index in [0.29, 0.717) is 25.5 Å². The van der Waals surface area contributed by atoms with E-state index < -0.39 is 0 Å². The topological polar surface area (TPSA) is 41.6 Å². The Morgan fingerprint density at radius 1 is 1.43 bits per heavy atom. The second-order valence-corrected chi connectivity index (χ2v) is 5.71. The fourth-order valence-corrected chi connectivity index (χ4v) is 2.78. The van der Waals surface area contributed by atoms with Crippen molar-refractivity contribution >= 4 is 5.91 Å². The highest BCUT2D eigenvalue weighted by atomic mass is 16.5. The molecule has 4 heteroatoms. The van der Waals surface area contributed by atoms with Crippen molar-refractivity contribution in [2.75, 3.05) is 26.7 Å². The molecule has 1 N–H and O–H groups in total. The summed E-state index contributed by atoms with van der Waals surface area (Å²) in [4.78, 5) is 14.2. The molecule has 1 unspecified atom stereocenters. The molecule has 116 valence electrons. The maximum Gasteiger partial charge on any atom is 0.222 e. The van der Waals surface area contributed by atoms with E-state index in [1.165, 1.54) is 6.42 Å². The molecule has 2 rings (SSSR count). The van der Waals surface area contributed by atoms with E-state index >= 15 is 0 Å². The largest absolute Gasteiger partial charge is 0.494 e. The van der Waals surface area contributed by atoms with Crippen molar-refractivity contribution < 1.29 is 9.53 Å². The molecule has 21 heavy (non-hydrogen) atoms. The number of para-hydroxylation sites is 1. The van der Waals surface area contributed by atoms with Crippen LogP contribution in [0.1, 0.15) is 31.7 Å². The van der Waals surface area contributed by atoms with E-state index in [0.717, 1.165) is 30.8 Å². The van der Waals surface area contributed by atoms with Crippen LogP contribution < -0.4 is 10.1 Å². The summed E-state index contributed by atoms with van der Waals surface area (Å²) in [7, 11) is 1.88. The first-order chi connectivity index (χ1) is 10.2. The van der Waals surface area contributed by atoms with Crippen molar-refractivity contribution in [3.05, 3.63) is 29.8 Å². The van der Waals surface area contributed by atoms with Crippen LogP contribution in [0.4, 0.5) is 0 Å². The summed E-state index contributed by atoms with van der Waals surface area (Å²) in [6.07, 6.45) is 2.97. The minimum absolute atomic E-state index is 0.218. The van der Waals surface area contributed by atoms with Gasteiger partial charge < -0.3 is 15.0 Å². The second-order valence-electron chi connectivity index (χ2n) is 5.71. The Balaban J connectivity index is 1.90. The van der Waals surface area contributed by atoms with Gasteiger partial charge in [-0.05, 0) is 44.8 Å². The summed E-state index contributed by atoms with van der Waals surface area (Å²) in [5.41, 5.74) is 1.07. The molecule has 4 nitrogen and oxygen atoms in total. The molecule has 0 saturated carbocycles. The second kappa shape index (κ2) is 8.03. The molecule has 1 aliphatic rings. The molecule has 1 aromatic carbocycles. The summed E-state index contributed by atoms with van der Waals surface area (Å²) in [6.45, 7) is 5.27. The van der Waals surface area contributed by atoms with Gasteiger partial charge in [-0.2, -0.15) is 0 Å². The van der Waals surface area contributed by atoms with Crippen LogP contribution in [0.3, 0.4) is 0 Å². The fraction of sp³-hybridized carbons (Fsp3) is 0.588. The highest BCUT2D eigenvalue weighted by Crippen LogP contribution is 2.21. The third-order valence-electron chi connectivity index (χ3n) is 3.97. The summed E-state index contributed by atoms with van der Waals surface area (Å²) in [5, 5.41) is 3.36. The minimum atomic E-state index is 0.218. The van der Waals surface area contributed by atoms with E-state index in [1.807, 2.05) is 43.1 Å². The van der Waals surface area contributed by atoms with Gasteiger partial charge in [-0.3, -0.25) is 4.79 Å². The van der Waals surface area contributed by atoms with Gasteiger partial charge in [-0.25, -0.2) is 0 Å². The van der Waals surface area contributed by atoms with Gasteiger partial charge in [0.1, 0.15) is 5.75 Å². The van der Waals surface area contributed by atoms with E-state index in [-0.39, 0.29) is 5.91 Å². The maximum absolute atomic E-state index is 12.3. The lowest BCUT2D eigenvalue weighted by Gasteiger charge is -2.25. The molecule has 1 amide bonds. The third-order valence-corrected chi connectivity index (χ3v) is 3.97. The Morgan fingerprint density at radius 2 is 2.24 bits per heavy atom. The van der Waals surface area contributed by atoms with Crippen molar-refractivity contribution in [2.45, 2.75) is 32.7 Å². The quantitative estimate of drug-likeness (QED) is 0.875. The number of nitrogens with zero attached hydrogens (tertiary/aromatic N) is 1. The lowest BCUT2D eigenvalue weighted by atomic mass is 9.95. The SMILES string of the molecule is CCOc1ccccc1CN(C)C(=O)CC1CCCNC1. The fourth-order valence-electron chi connectivity index (χ4n) is 2.78. The number of hydrogen-bond donors (Lipinski definition) is 1. The summed E-state index contributed by atoms with van der Waals surface area (Å²) < 4.78 is 5.62. The first kappa shape index (κ1) is 15.8. The van der Waals surface area contributed by atoms with Gasteiger partial charge in [0.15, 0.2) is 0 Å². The van der Waals surface area contributed by atoms with Crippen LogP contribution in [-0.4, -0.2) is 37.6 Å². The number of hydrogen-bond acceptors (Lipinski definition) is 3. The minimum Gasteiger partial charge on any atom is -0.494 e. The van der Waals surface area contributed by atoms with Crippen molar-refractivity contribution in [1.82, 2.24) is 10.2 Å². The highest BCUT2D eigenvalue weighted by molar-refractivity contribution is 5.76. The zero-order valence-corrected chi connectivity index (χ0v) is 13.1. The molecule has 0 aliphatic carbocycles. The molecule has 1 aliphatic heterocycles. The molecular formula is C17H26N2O2.